The number of anilines is 1. The summed E-state index contributed by atoms with van der Waals surface area (Å²) >= 11 is 3.25. The second-order valence-electron chi connectivity index (χ2n) is 6.05. The Labute approximate surface area is 164 Å². The van der Waals surface area contributed by atoms with Crippen LogP contribution in [0.3, 0.4) is 0 Å². The van der Waals surface area contributed by atoms with Crippen LogP contribution in [0, 0.1) is 13.8 Å². The number of aromatic nitrogens is 2. The van der Waals surface area contributed by atoms with E-state index in [1.807, 2.05) is 23.6 Å². The van der Waals surface area contributed by atoms with E-state index in [0.29, 0.717) is 18.2 Å². The Balaban J connectivity index is 1.57. The molecule has 27 heavy (non-hydrogen) atoms. The predicted molar refractivity (Wildman–Crippen MR) is 109 cm³/mol. The lowest BCUT2D eigenvalue weighted by Gasteiger charge is -2.09. The molecule has 4 aromatic rings. The maximum atomic E-state index is 12.2. The number of amides is 1. The van der Waals surface area contributed by atoms with E-state index < -0.39 is 0 Å². The van der Waals surface area contributed by atoms with Gasteiger partial charge in [-0.1, -0.05) is 6.07 Å². The summed E-state index contributed by atoms with van der Waals surface area (Å²) in [6.07, 6.45) is 1.59. The Hall–Kier alpha value is -2.71. The van der Waals surface area contributed by atoms with E-state index in [1.165, 1.54) is 4.88 Å². The van der Waals surface area contributed by atoms with Gasteiger partial charge in [0.2, 0.25) is 5.91 Å². The first kappa shape index (κ1) is 17.7. The van der Waals surface area contributed by atoms with E-state index in [4.69, 9.17) is 14.4 Å². The summed E-state index contributed by atoms with van der Waals surface area (Å²) in [7, 11) is 0. The molecule has 0 radical (unpaired) electrons. The van der Waals surface area contributed by atoms with Gasteiger partial charge in [0.1, 0.15) is 16.4 Å². The molecular weight excluding hydrogens is 380 g/mol. The van der Waals surface area contributed by atoms with Gasteiger partial charge in [-0.15, -0.1) is 22.7 Å². The van der Waals surface area contributed by atoms with Crippen molar-refractivity contribution < 1.29 is 9.21 Å². The normalized spacial score (nSPS) is 11.0. The number of thiophene rings is 2. The Kier molecular flexibility index (Phi) is 4.91. The van der Waals surface area contributed by atoms with Crippen molar-refractivity contribution in [2.45, 2.75) is 20.4 Å². The average molecular weight is 399 g/mol. The second kappa shape index (κ2) is 7.50. The first-order valence-electron chi connectivity index (χ1n) is 8.46. The van der Waals surface area contributed by atoms with Crippen LogP contribution in [0.5, 0.6) is 0 Å². The van der Waals surface area contributed by atoms with E-state index >= 15 is 0 Å². The number of rotatable bonds is 6. The first-order valence-corrected chi connectivity index (χ1v) is 10.2. The quantitative estimate of drug-likeness (QED) is 0.504. The van der Waals surface area contributed by atoms with Crippen LogP contribution in [-0.2, 0) is 11.3 Å². The Bertz CT molecular complexity index is 1070. The predicted octanol–water partition coefficient (Wildman–Crippen LogP) is 4.36. The van der Waals surface area contributed by atoms with E-state index in [1.54, 1.807) is 35.0 Å². The number of aryl methyl sites for hydroxylation is 2. The van der Waals surface area contributed by atoms with Crippen LogP contribution in [0.4, 0.5) is 5.82 Å². The van der Waals surface area contributed by atoms with Crippen molar-refractivity contribution in [2.75, 3.05) is 11.9 Å². The van der Waals surface area contributed by atoms with Gasteiger partial charge in [-0.3, -0.25) is 4.79 Å². The standard InChI is InChI=1S/C19H18N4O2S2/c1-11-12(2)27-19-16(11)18(22-17(23-19)14-6-4-8-26-14)21-10-15(24)20-9-13-5-3-7-25-13/h3-8H,9-10H2,1-2H3,(H,20,24)(H,21,22,23). The highest BCUT2D eigenvalue weighted by Gasteiger charge is 2.16. The van der Waals surface area contributed by atoms with Crippen molar-refractivity contribution in [3.8, 4) is 10.7 Å². The molecule has 0 saturated heterocycles. The Morgan fingerprint density at radius 1 is 1.22 bits per heavy atom. The van der Waals surface area contributed by atoms with Crippen molar-refractivity contribution in [1.82, 2.24) is 15.3 Å². The van der Waals surface area contributed by atoms with Crippen LogP contribution in [0.15, 0.2) is 40.3 Å². The second-order valence-corrected chi connectivity index (χ2v) is 8.20. The molecule has 0 aliphatic rings. The molecular formula is C19H18N4O2S2. The molecule has 1 amide bonds. The van der Waals surface area contributed by atoms with E-state index in [2.05, 4.69) is 24.5 Å². The first-order chi connectivity index (χ1) is 13.1. The molecule has 2 N–H and O–H groups in total. The van der Waals surface area contributed by atoms with Crippen LogP contribution in [-0.4, -0.2) is 22.4 Å². The number of carbonyl (C=O) groups is 1. The lowest BCUT2D eigenvalue weighted by molar-refractivity contribution is -0.119. The third-order valence-electron chi connectivity index (χ3n) is 4.23. The molecule has 6 nitrogen and oxygen atoms in total. The van der Waals surface area contributed by atoms with Gasteiger partial charge in [-0.2, -0.15) is 0 Å². The fraction of sp³-hybridized carbons (Fsp3) is 0.211. The van der Waals surface area contributed by atoms with Crippen LogP contribution in [0.25, 0.3) is 20.9 Å². The molecule has 4 rings (SSSR count). The number of furan rings is 1. The summed E-state index contributed by atoms with van der Waals surface area (Å²) < 4.78 is 5.23. The van der Waals surface area contributed by atoms with Gasteiger partial charge in [0.05, 0.1) is 29.6 Å². The molecule has 0 saturated carbocycles. The topological polar surface area (TPSA) is 80.0 Å². The third kappa shape index (κ3) is 3.72. The zero-order valence-electron chi connectivity index (χ0n) is 14.9. The minimum atomic E-state index is -0.125. The SMILES string of the molecule is Cc1sc2nc(-c3cccs3)nc(NCC(=O)NCc3ccco3)c2c1C. The molecule has 0 atom stereocenters. The summed E-state index contributed by atoms with van der Waals surface area (Å²) in [5.74, 6) is 1.97. The van der Waals surface area contributed by atoms with Gasteiger partial charge in [0, 0.05) is 4.88 Å². The number of fused-ring (bicyclic) bond motifs is 1. The maximum absolute atomic E-state index is 12.2. The molecule has 0 unspecified atom stereocenters. The molecule has 0 aromatic carbocycles. The third-order valence-corrected chi connectivity index (χ3v) is 6.19. The van der Waals surface area contributed by atoms with Crippen molar-refractivity contribution in [1.29, 1.82) is 0 Å². The van der Waals surface area contributed by atoms with Crippen molar-refractivity contribution in [2.24, 2.45) is 0 Å². The molecule has 0 bridgehead atoms. The Morgan fingerprint density at radius 3 is 2.85 bits per heavy atom. The maximum Gasteiger partial charge on any atom is 0.239 e. The Morgan fingerprint density at radius 2 is 2.11 bits per heavy atom. The van der Waals surface area contributed by atoms with Crippen LogP contribution < -0.4 is 10.6 Å². The van der Waals surface area contributed by atoms with Crippen molar-refractivity contribution >= 4 is 44.6 Å². The molecule has 138 valence electrons. The molecule has 0 aliphatic carbocycles. The molecule has 0 aliphatic heterocycles. The number of hydrogen-bond acceptors (Lipinski definition) is 7. The van der Waals surface area contributed by atoms with Gasteiger partial charge in [-0.05, 0) is 43.0 Å². The summed E-state index contributed by atoms with van der Waals surface area (Å²) in [5.41, 5.74) is 1.14. The highest BCUT2D eigenvalue weighted by Crippen LogP contribution is 2.35. The smallest absolute Gasteiger partial charge is 0.239 e. The van der Waals surface area contributed by atoms with Crippen molar-refractivity contribution in [3.05, 3.63) is 52.1 Å². The van der Waals surface area contributed by atoms with Gasteiger partial charge in [0.15, 0.2) is 5.82 Å². The largest absolute Gasteiger partial charge is 0.467 e. The number of nitrogens with zero attached hydrogens (tertiary/aromatic N) is 2. The van der Waals surface area contributed by atoms with Gasteiger partial charge in [-0.25, -0.2) is 9.97 Å². The summed E-state index contributed by atoms with van der Waals surface area (Å²) in [5, 5.41) is 9.01. The van der Waals surface area contributed by atoms with Crippen LogP contribution in [0.1, 0.15) is 16.2 Å². The van der Waals surface area contributed by atoms with Crippen molar-refractivity contribution in [3.63, 3.8) is 0 Å². The zero-order chi connectivity index (χ0) is 18.8. The molecule has 4 heterocycles. The molecule has 0 fully saturated rings. The minimum absolute atomic E-state index is 0.125. The summed E-state index contributed by atoms with van der Waals surface area (Å²) in [6.45, 7) is 4.63. The van der Waals surface area contributed by atoms with E-state index in [-0.39, 0.29) is 12.5 Å². The number of nitrogens with one attached hydrogen (secondary N) is 2. The highest BCUT2D eigenvalue weighted by atomic mass is 32.1. The van der Waals surface area contributed by atoms with Gasteiger partial charge in [0.25, 0.3) is 0 Å². The average Bonchev–Trinajstić information content (AvgIpc) is 3.41. The van der Waals surface area contributed by atoms with Gasteiger partial charge >= 0.3 is 0 Å². The highest BCUT2D eigenvalue weighted by molar-refractivity contribution is 7.19. The number of carbonyl (C=O) groups excluding carboxylic acids is 1. The van der Waals surface area contributed by atoms with E-state index in [9.17, 15) is 4.79 Å². The fourth-order valence-electron chi connectivity index (χ4n) is 2.72. The fourth-order valence-corrected chi connectivity index (χ4v) is 4.41. The monoisotopic (exact) mass is 398 g/mol. The molecule has 0 spiro atoms. The molecule has 8 heteroatoms. The van der Waals surface area contributed by atoms with E-state index in [0.717, 1.165) is 26.4 Å². The summed E-state index contributed by atoms with van der Waals surface area (Å²) in [6, 6.07) is 7.60. The summed E-state index contributed by atoms with van der Waals surface area (Å²) in [4.78, 5) is 24.8. The number of hydrogen-bond donors (Lipinski definition) is 2. The van der Waals surface area contributed by atoms with Crippen LogP contribution >= 0.6 is 22.7 Å². The minimum Gasteiger partial charge on any atom is -0.467 e. The zero-order valence-corrected chi connectivity index (χ0v) is 16.5. The molecule has 4 aromatic heterocycles. The van der Waals surface area contributed by atoms with Gasteiger partial charge < -0.3 is 15.1 Å². The lowest BCUT2D eigenvalue weighted by Crippen LogP contribution is -2.29. The lowest BCUT2D eigenvalue weighted by atomic mass is 10.2. The van der Waals surface area contributed by atoms with Crippen LogP contribution in [0.2, 0.25) is 0 Å².